The van der Waals surface area contributed by atoms with E-state index in [0.29, 0.717) is 0 Å². The number of esters is 1. The van der Waals surface area contributed by atoms with Gasteiger partial charge in [-0.1, -0.05) is 0 Å². The highest BCUT2D eigenvalue weighted by Crippen LogP contribution is 2.00. The highest BCUT2D eigenvalue weighted by molar-refractivity contribution is 5.85. The number of carbonyl (C=O) groups is 2. The molecule has 6 nitrogen and oxygen atoms in total. The fourth-order valence-electron chi connectivity index (χ4n) is 1.61. The van der Waals surface area contributed by atoms with Crippen LogP contribution in [0.3, 0.4) is 0 Å². The number of ether oxygens (including phenoxy) is 1. The summed E-state index contributed by atoms with van der Waals surface area (Å²) in [5, 5.41) is 5.78. The molecule has 1 amide bonds. The van der Waals surface area contributed by atoms with E-state index in [1.807, 2.05) is 6.92 Å². The largest absolute Gasteiger partial charge is 0.468 e. The number of hydrogen-bond donors (Lipinski definition) is 2. The average molecular weight is 229 g/mol. The van der Waals surface area contributed by atoms with Gasteiger partial charge < -0.3 is 15.4 Å². The van der Waals surface area contributed by atoms with Crippen molar-refractivity contribution in [2.75, 3.05) is 39.8 Å². The van der Waals surface area contributed by atoms with Gasteiger partial charge in [0.2, 0.25) is 5.91 Å². The third-order valence-corrected chi connectivity index (χ3v) is 2.71. The van der Waals surface area contributed by atoms with E-state index in [9.17, 15) is 9.59 Å². The number of carbonyl (C=O) groups excluding carboxylic acids is 2. The first-order chi connectivity index (χ1) is 7.65. The van der Waals surface area contributed by atoms with Gasteiger partial charge in [0.05, 0.1) is 13.2 Å². The maximum Gasteiger partial charge on any atom is 0.325 e. The fourth-order valence-corrected chi connectivity index (χ4v) is 1.61. The average Bonchev–Trinajstić information content (AvgIpc) is 2.35. The zero-order chi connectivity index (χ0) is 12.0. The molecule has 16 heavy (non-hydrogen) atoms. The van der Waals surface area contributed by atoms with Gasteiger partial charge in [-0.3, -0.25) is 14.5 Å². The first-order valence-electron chi connectivity index (χ1n) is 5.44. The topological polar surface area (TPSA) is 70.7 Å². The Bertz CT molecular complexity index is 252. The highest BCUT2D eigenvalue weighted by Gasteiger charge is 2.22. The zero-order valence-corrected chi connectivity index (χ0v) is 9.78. The maximum atomic E-state index is 11.7. The van der Waals surface area contributed by atoms with Gasteiger partial charge in [-0.15, -0.1) is 0 Å². The first-order valence-corrected chi connectivity index (χ1v) is 5.44. The predicted molar refractivity (Wildman–Crippen MR) is 58.9 cm³/mol. The highest BCUT2D eigenvalue weighted by atomic mass is 16.5. The molecular weight excluding hydrogens is 210 g/mol. The molecule has 92 valence electrons. The van der Waals surface area contributed by atoms with Gasteiger partial charge in [-0.25, -0.2) is 0 Å². The minimum Gasteiger partial charge on any atom is -0.468 e. The molecule has 1 aliphatic rings. The van der Waals surface area contributed by atoms with Gasteiger partial charge in [-0.2, -0.15) is 0 Å². The lowest BCUT2D eigenvalue weighted by Crippen LogP contribution is -2.53. The molecule has 0 saturated carbocycles. The van der Waals surface area contributed by atoms with E-state index in [1.165, 1.54) is 7.11 Å². The molecule has 1 aliphatic heterocycles. The Balaban J connectivity index is 2.31. The van der Waals surface area contributed by atoms with Crippen LogP contribution in [0.1, 0.15) is 6.92 Å². The summed E-state index contributed by atoms with van der Waals surface area (Å²) in [7, 11) is 1.30. The van der Waals surface area contributed by atoms with Gasteiger partial charge in [0.1, 0.15) is 6.54 Å². The Hall–Kier alpha value is -1.14. The second-order valence-corrected chi connectivity index (χ2v) is 3.76. The number of nitrogens with zero attached hydrogens (tertiary/aromatic N) is 1. The molecule has 0 aromatic heterocycles. The van der Waals surface area contributed by atoms with E-state index in [0.717, 1.165) is 26.2 Å². The smallest absolute Gasteiger partial charge is 0.325 e. The SMILES string of the molecule is COC(=O)CNC(=O)C(C)N1CCNCC1. The second-order valence-electron chi connectivity index (χ2n) is 3.76. The van der Waals surface area contributed by atoms with E-state index in [1.54, 1.807) is 0 Å². The van der Waals surface area contributed by atoms with Crippen LogP contribution in [0.4, 0.5) is 0 Å². The number of rotatable bonds is 4. The van der Waals surface area contributed by atoms with Crippen molar-refractivity contribution in [2.24, 2.45) is 0 Å². The Kier molecular flexibility index (Phi) is 5.21. The van der Waals surface area contributed by atoms with Crippen LogP contribution in [0.25, 0.3) is 0 Å². The van der Waals surface area contributed by atoms with Gasteiger partial charge in [-0.05, 0) is 6.92 Å². The summed E-state index contributed by atoms with van der Waals surface area (Å²) in [6, 6.07) is -0.202. The monoisotopic (exact) mass is 229 g/mol. The summed E-state index contributed by atoms with van der Waals surface area (Å²) in [6.07, 6.45) is 0. The van der Waals surface area contributed by atoms with E-state index in [4.69, 9.17) is 0 Å². The summed E-state index contributed by atoms with van der Waals surface area (Å²) in [6.45, 7) is 5.28. The van der Waals surface area contributed by atoms with Crippen molar-refractivity contribution < 1.29 is 14.3 Å². The Morgan fingerprint density at radius 2 is 2.06 bits per heavy atom. The minimum absolute atomic E-state index is 0.0637. The number of methoxy groups -OCH3 is 1. The van der Waals surface area contributed by atoms with Crippen molar-refractivity contribution in [3.8, 4) is 0 Å². The molecule has 0 radical (unpaired) electrons. The molecule has 0 aliphatic carbocycles. The predicted octanol–water partition coefficient (Wildman–Crippen LogP) is -1.43. The summed E-state index contributed by atoms with van der Waals surface area (Å²) < 4.78 is 4.45. The normalized spacial score (nSPS) is 18.9. The third-order valence-electron chi connectivity index (χ3n) is 2.71. The van der Waals surface area contributed by atoms with Crippen molar-refractivity contribution >= 4 is 11.9 Å². The van der Waals surface area contributed by atoms with Gasteiger partial charge in [0.25, 0.3) is 0 Å². The molecule has 0 aromatic rings. The van der Waals surface area contributed by atoms with E-state index in [2.05, 4.69) is 20.3 Å². The molecular formula is C10H19N3O3. The summed E-state index contributed by atoms with van der Waals surface area (Å²) in [4.78, 5) is 24.6. The Labute approximate surface area is 95.3 Å². The van der Waals surface area contributed by atoms with Crippen molar-refractivity contribution in [1.29, 1.82) is 0 Å². The first kappa shape index (κ1) is 12.9. The van der Waals surface area contributed by atoms with E-state index in [-0.39, 0.29) is 18.5 Å². The van der Waals surface area contributed by atoms with E-state index >= 15 is 0 Å². The number of hydrogen-bond acceptors (Lipinski definition) is 5. The molecule has 2 N–H and O–H groups in total. The van der Waals surface area contributed by atoms with Gasteiger partial charge >= 0.3 is 5.97 Å². The maximum absolute atomic E-state index is 11.7. The number of amides is 1. The van der Waals surface area contributed by atoms with Crippen LogP contribution in [0.15, 0.2) is 0 Å². The molecule has 0 spiro atoms. The van der Waals surface area contributed by atoms with Crippen LogP contribution in [0.5, 0.6) is 0 Å². The van der Waals surface area contributed by atoms with Crippen LogP contribution in [0.2, 0.25) is 0 Å². The van der Waals surface area contributed by atoms with Gasteiger partial charge in [0, 0.05) is 26.2 Å². The lowest BCUT2D eigenvalue weighted by molar-refractivity contribution is -0.141. The van der Waals surface area contributed by atoms with Crippen molar-refractivity contribution in [2.45, 2.75) is 13.0 Å². The molecule has 0 bridgehead atoms. The molecule has 1 atom stereocenters. The molecule has 1 heterocycles. The molecule has 6 heteroatoms. The Morgan fingerprint density at radius 1 is 1.44 bits per heavy atom. The molecule has 1 rings (SSSR count). The van der Waals surface area contributed by atoms with Crippen LogP contribution in [-0.4, -0.2) is 62.7 Å². The summed E-state index contributed by atoms with van der Waals surface area (Å²) in [5.41, 5.74) is 0. The minimum atomic E-state index is -0.430. The molecule has 1 unspecified atom stereocenters. The second kappa shape index (κ2) is 6.44. The summed E-state index contributed by atoms with van der Waals surface area (Å²) in [5.74, 6) is -0.562. The summed E-state index contributed by atoms with van der Waals surface area (Å²) >= 11 is 0. The number of piperazine rings is 1. The van der Waals surface area contributed by atoms with Crippen molar-refractivity contribution in [3.05, 3.63) is 0 Å². The lowest BCUT2D eigenvalue weighted by atomic mass is 10.2. The third kappa shape index (κ3) is 3.79. The quantitative estimate of drug-likeness (QED) is 0.578. The number of nitrogens with one attached hydrogen (secondary N) is 2. The van der Waals surface area contributed by atoms with Crippen LogP contribution in [-0.2, 0) is 14.3 Å². The Morgan fingerprint density at radius 3 is 2.62 bits per heavy atom. The van der Waals surface area contributed by atoms with Gasteiger partial charge in [0.15, 0.2) is 0 Å². The van der Waals surface area contributed by atoms with Crippen LogP contribution < -0.4 is 10.6 Å². The fraction of sp³-hybridized carbons (Fsp3) is 0.800. The molecule has 1 fully saturated rings. The van der Waals surface area contributed by atoms with Crippen molar-refractivity contribution in [1.82, 2.24) is 15.5 Å². The van der Waals surface area contributed by atoms with Crippen LogP contribution >= 0.6 is 0 Å². The lowest BCUT2D eigenvalue weighted by Gasteiger charge is -2.31. The molecule has 1 saturated heterocycles. The standard InChI is InChI=1S/C10H19N3O3/c1-8(13-5-3-11-4-6-13)10(15)12-7-9(14)16-2/h8,11H,3-7H2,1-2H3,(H,12,15). The molecule has 0 aromatic carbocycles. The van der Waals surface area contributed by atoms with Crippen molar-refractivity contribution in [3.63, 3.8) is 0 Å². The zero-order valence-electron chi connectivity index (χ0n) is 9.78. The van der Waals surface area contributed by atoms with E-state index < -0.39 is 5.97 Å². The van der Waals surface area contributed by atoms with Crippen LogP contribution in [0, 0.1) is 0 Å².